The molecule has 0 aliphatic rings. The summed E-state index contributed by atoms with van der Waals surface area (Å²) in [6, 6.07) is 10.5. The summed E-state index contributed by atoms with van der Waals surface area (Å²) in [5, 5.41) is 3.38. The fraction of sp³-hybridized carbons (Fsp3) is 0.450. The van der Waals surface area contributed by atoms with Gasteiger partial charge < -0.3 is 9.88 Å². The molecule has 2 aromatic heterocycles. The molecule has 0 fully saturated rings. The van der Waals surface area contributed by atoms with Gasteiger partial charge in [0.05, 0.1) is 0 Å². The molecule has 7 nitrogen and oxygen atoms in total. The van der Waals surface area contributed by atoms with Crippen molar-refractivity contribution in [3.05, 3.63) is 56.7 Å². The van der Waals surface area contributed by atoms with Gasteiger partial charge in [-0.1, -0.05) is 37.3 Å². The zero-order valence-electron chi connectivity index (χ0n) is 16.4. The average molecular weight is 369 g/mol. The molecule has 144 valence electrons. The lowest BCUT2D eigenvalue weighted by molar-refractivity contribution is 0.642. The lowest BCUT2D eigenvalue weighted by atomic mass is 10.1. The molecule has 1 aromatic carbocycles. The first kappa shape index (κ1) is 18.9. The second-order valence-electron chi connectivity index (χ2n) is 7.01. The highest BCUT2D eigenvalue weighted by Gasteiger charge is 2.19. The molecule has 3 rings (SSSR count). The Hall–Kier alpha value is -2.83. The van der Waals surface area contributed by atoms with Crippen LogP contribution < -0.4 is 16.6 Å². The van der Waals surface area contributed by atoms with Gasteiger partial charge in [0.25, 0.3) is 5.56 Å². The lowest BCUT2D eigenvalue weighted by Crippen LogP contribution is -2.37. The first-order valence-electron chi connectivity index (χ1n) is 9.40. The van der Waals surface area contributed by atoms with Crippen molar-refractivity contribution < 1.29 is 0 Å². The third-order valence-corrected chi connectivity index (χ3v) is 5.03. The van der Waals surface area contributed by atoms with Crippen molar-refractivity contribution in [2.45, 2.75) is 45.7 Å². The predicted octanol–water partition coefficient (Wildman–Crippen LogP) is 2.28. The minimum Gasteiger partial charge on any atom is -0.353 e. The molecule has 7 heteroatoms. The van der Waals surface area contributed by atoms with E-state index < -0.39 is 0 Å². The fourth-order valence-corrected chi connectivity index (χ4v) is 3.18. The molecular weight excluding hydrogens is 342 g/mol. The van der Waals surface area contributed by atoms with Gasteiger partial charge >= 0.3 is 5.69 Å². The second-order valence-corrected chi connectivity index (χ2v) is 7.01. The van der Waals surface area contributed by atoms with Crippen LogP contribution in [0.4, 0.5) is 5.95 Å². The second kappa shape index (κ2) is 7.82. The summed E-state index contributed by atoms with van der Waals surface area (Å²) in [5.74, 6) is 0.644. The van der Waals surface area contributed by atoms with Crippen molar-refractivity contribution >= 4 is 17.1 Å². The van der Waals surface area contributed by atoms with Crippen molar-refractivity contribution in [3.8, 4) is 0 Å². The predicted molar refractivity (Wildman–Crippen MR) is 108 cm³/mol. The first-order chi connectivity index (χ1) is 12.9. The maximum absolute atomic E-state index is 12.8. The Morgan fingerprint density at radius 2 is 1.81 bits per heavy atom. The number of hydrogen-bond donors (Lipinski definition) is 1. The van der Waals surface area contributed by atoms with Crippen LogP contribution in [0.1, 0.15) is 32.3 Å². The van der Waals surface area contributed by atoms with E-state index in [1.807, 2.05) is 22.8 Å². The summed E-state index contributed by atoms with van der Waals surface area (Å²) in [5.41, 5.74) is 1.49. The van der Waals surface area contributed by atoms with E-state index in [1.54, 1.807) is 7.05 Å². The van der Waals surface area contributed by atoms with Gasteiger partial charge in [-0.25, -0.2) is 4.79 Å². The minimum atomic E-state index is -0.364. The number of aryl methyl sites for hydroxylation is 3. The third kappa shape index (κ3) is 3.67. The van der Waals surface area contributed by atoms with E-state index in [4.69, 9.17) is 0 Å². The standard InChI is InChI=1S/C20H27N5O2/c1-5-14(2)21-19-22-17-16(18(26)24(4)20(27)23(17)3)25(19)13-9-12-15-10-7-6-8-11-15/h6-8,10-11,14H,5,9,12-13H2,1-4H3,(H,21,22)/t14-/m1/s1. The quantitative estimate of drug-likeness (QED) is 0.693. The van der Waals surface area contributed by atoms with E-state index in [0.717, 1.165) is 23.8 Å². The molecule has 0 amide bonds. The van der Waals surface area contributed by atoms with Crippen LogP contribution in [-0.2, 0) is 27.1 Å². The Morgan fingerprint density at radius 3 is 2.48 bits per heavy atom. The van der Waals surface area contributed by atoms with Gasteiger partial charge in [0, 0.05) is 26.7 Å². The van der Waals surface area contributed by atoms with Gasteiger partial charge in [0.2, 0.25) is 5.95 Å². The number of fused-ring (bicyclic) bond motifs is 1. The monoisotopic (exact) mass is 369 g/mol. The van der Waals surface area contributed by atoms with E-state index in [2.05, 4.69) is 36.3 Å². The van der Waals surface area contributed by atoms with Crippen LogP contribution in [0.2, 0.25) is 0 Å². The molecule has 27 heavy (non-hydrogen) atoms. The summed E-state index contributed by atoms with van der Waals surface area (Å²) < 4.78 is 4.50. The number of anilines is 1. The number of benzene rings is 1. The maximum Gasteiger partial charge on any atom is 0.332 e. The lowest BCUT2D eigenvalue weighted by Gasteiger charge is -2.14. The van der Waals surface area contributed by atoms with Crippen molar-refractivity contribution in [2.75, 3.05) is 5.32 Å². The number of hydrogen-bond acceptors (Lipinski definition) is 4. The molecule has 0 radical (unpaired) electrons. The molecule has 0 unspecified atom stereocenters. The Labute approximate surface area is 158 Å². The highest BCUT2D eigenvalue weighted by Crippen LogP contribution is 2.18. The largest absolute Gasteiger partial charge is 0.353 e. The van der Waals surface area contributed by atoms with Gasteiger partial charge in [-0.05, 0) is 31.7 Å². The van der Waals surface area contributed by atoms with Crippen LogP contribution in [0, 0.1) is 0 Å². The number of nitrogens with one attached hydrogen (secondary N) is 1. The van der Waals surface area contributed by atoms with Crippen LogP contribution in [0.3, 0.4) is 0 Å². The van der Waals surface area contributed by atoms with Crippen molar-refractivity contribution in [1.29, 1.82) is 0 Å². The zero-order valence-corrected chi connectivity index (χ0v) is 16.4. The van der Waals surface area contributed by atoms with Gasteiger partial charge in [0.1, 0.15) is 0 Å². The van der Waals surface area contributed by atoms with Crippen molar-refractivity contribution in [3.63, 3.8) is 0 Å². The van der Waals surface area contributed by atoms with E-state index in [1.165, 1.54) is 17.2 Å². The van der Waals surface area contributed by atoms with Gasteiger partial charge in [-0.15, -0.1) is 0 Å². The minimum absolute atomic E-state index is 0.218. The molecule has 0 spiro atoms. The van der Waals surface area contributed by atoms with Crippen molar-refractivity contribution in [2.24, 2.45) is 14.1 Å². The highest BCUT2D eigenvalue weighted by molar-refractivity contribution is 5.74. The number of aromatic nitrogens is 4. The molecule has 1 N–H and O–H groups in total. The van der Waals surface area contributed by atoms with E-state index >= 15 is 0 Å². The van der Waals surface area contributed by atoms with E-state index in [-0.39, 0.29) is 17.3 Å². The Morgan fingerprint density at radius 1 is 1.11 bits per heavy atom. The van der Waals surface area contributed by atoms with Crippen LogP contribution in [0.25, 0.3) is 11.2 Å². The fourth-order valence-electron chi connectivity index (χ4n) is 3.18. The average Bonchev–Trinajstić information content (AvgIpc) is 3.03. The first-order valence-corrected chi connectivity index (χ1v) is 9.40. The normalized spacial score (nSPS) is 12.4. The molecule has 0 aliphatic heterocycles. The number of imidazole rings is 1. The van der Waals surface area contributed by atoms with Crippen LogP contribution in [0.5, 0.6) is 0 Å². The topological polar surface area (TPSA) is 73.8 Å². The van der Waals surface area contributed by atoms with Gasteiger partial charge in [-0.3, -0.25) is 13.9 Å². The van der Waals surface area contributed by atoms with E-state index in [0.29, 0.717) is 23.7 Å². The van der Waals surface area contributed by atoms with E-state index in [9.17, 15) is 9.59 Å². The Bertz CT molecular complexity index is 1050. The Kier molecular flexibility index (Phi) is 5.48. The molecule has 0 bridgehead atoms. The smallest absolute Gasteiger partial charge is 0.332 e. The molecule has 0 saturated heterocycles. The highest BCUT2D eigenvalue weighted by atomic mass is 16.2. The number of nitrogens with zero attached hydrogens (tertiary/aromatic N) is 4. The molecule has 2 heterocycles. The summed E-state index contributed by atoms with van der Waals surface area (Å²) in [6.45, 7) is 4.82. The molecule has 0 aliphatic carbocycles. The third-order valence-electron chi connectivity index (χ3n) is 5.03. The Balaban J connectivity index is 2.03. The molecular formula is C20H27N5O2. The zero-order chi connectivity index (χ0) is 19.6. The van der Waals surface area contributed by atoms with Gasteiger partial charge in [-0.2, -0.15) is 4.98 Å². The van der Waals surface area contributed by atoms with Crippen LogP contribution in [0.15, 0.2) is 39.9 Å². The van der Waals surface area contributed by atoms with Crippen molar-refractivity contribution in [1.82, 2.24) is 18.7 Å². The summed E-state index contributed by atoms with van der Waals surface area (Å²) in [7, 11) is 3.16. The summed E-state index contributed by atoms with van der Waals surface area (Å²) >= 11 is 0. The molecule has 1 atom stereocenters. The van der Waals surface area contributed by atoms with Crippen LogP contribution in [-0.4, -0.2) is 24.7 Å². The SMILES string of the molecule is CC[C@@H](C)Nc1nc2c(c(=O)n(C)c(=O)n2C)n1CCCc1ccccc1. The van der Waals surface area contributed by atoms with Gasteiger partial charge in [0.15, 0.2) is 11.2 Å². The summed E-state index contributed by atoms with van der Waals surface area (Å²) in [4.78, 5) is 29.6. The maximum atomic E-state index is 12.8. The molecule has 3 aromatic rings. The summed E-state index contributed by atoms with van der Waals surface area (Å²) in [6.07, 6.45) is 2.72. The molecule has 0 saturated carbocycles. The van der Waals surface area contributed by atoms with Crippen LogP contribution >= 0.6 is 0 Å². The number of rotatable bonds is 7.